The van der Waals surface area contributed by atoms with Crippen LogP contribution in [0.1, 0.15) is 18.1 Å². The predicted molar refractivity (Wildman–Crippen MR) is 98.5 cm³/mol. The maximum absolute atomic E-state index is 11.8. The number of pyridine rings is 2. The highest BCUT2D eigenvalue weighted by molar-refractivity contribution is 5.12. The van der Waals surface area contributed by atoms with Gasteiger partial charge in [0.2, 0.25) is 0 Å². The third-order valence-electron chi connectivity index (χ3n) is 4.98. The highest BCUT2D eigenvalue weighted by Crippen LogP contribution is 2.15. The van der Waals surface area contributed by atoms with Gasteiger partial charge in [-0.25, -0.2) is 0 Å². The summed E-state index contributed by atoms with van der Waals surface area (Å²) in [6, 6.07) is 7.87. The Labute approximate surface area is 147 Å². The Bertz CT molecular complexity index is 855. The first-order valence-corrected chi connectivity index (χ1v) is 8.70. The van der Waals surface area contributed by atoms with Crippen molar-refractivity contribution in [3.8, 4) is 0 Å². The van der Waals surface area contributed by atoms with Crippen molar-refractivity contribution in [3.63, 3.8) is 0 Å². The van der Waals surface area contributed by atoms with E-state index in [2.05, 4.69) is 16.7 Å². The molecule has 1 saturated heterocycles. The average molecular weight is 342 g/mol. The van der Waals surface area contributed by atoms with E-state index < -0.39 is 0 Å². The fraction of sp³-hybridized carbons (Fsp3) is 0.474. The molecule has 0 unspecified atom stereocenters. The van der Waals surface area contributed by atoms with E-state index in [0.717, 1.165) is 43.9 Å². The summed E-state index contributed by atoms with van der Waals surface area (Å²) in [6.07, 6.45) is 3.65. The second-order valence-corrected chi connectivity index (χ2v) is 7.02. The number of hydrogen-bond donors (Lipinski definition) is 0. The molecule has 0 radical (unpaired) electrons. The van der Waals surface area contributed by atoms with Gasteiger partial charge in [0.1, 0.15) is 0 Å². The van der Waals surface area contributed by atoms with Crippen molar-refractivity contribution in [2.45, 2.75) is 26.1 Å². The number of piperazine rings is 1. The molecule has 0 amide bonds. The summed E-state index contributed by atoms with van der Waals surface area (Å²) in [5.74, 6) is 0. The first kappa shape index (κ1) is 17.6. The summed E-state index contributed by atoms with van der Waals surface area (Å²) in [5, 5.41) is 0. The standard InChI is InChI=1S/C19H26N4O2/c1-15-12-22(13-16-4-6-20(2)18(24)10-16)8-9-23(15)14-17-5-7-21(3)19(25)11-17/h4-7,10-11,15H,8-9,12-14H2,1-3H3/t15-/m1/s1. The van der Waals surface area contributed by atoms with Crippen molar-refractivity contribution < 1.29 is 0 Å². The second kappa shape index (κ2) is 7.37. The molecule has 0 saturated carbocycles. The van der Waals surface area contributed by atoms with E-state index in [-0.39, 0.29) is 11.1 Å². The zero-order valence-electron chi connectivity index (χ0n) is 15.2. The van der Waals surface area contributed by atoms with Crippen LogP contribution in [0.15, 0.2) is 46.2 Å². The first-order valence-electron chi connectivity index (χ1n) is 8.70. The molecule has 6 heteroatoms. The van der Waals surface area contributed by atoms with Gasteiger partial charge in [0.15, 0.2) is 0 Å². The van der Waals surface area contributed by atoms with Gasteiger partial charge in [-0.05, 0) is 30.2 Å². The van der Waals surface area contributed by atoms with E-state index in [1.807, 2.05) is 24.5 Å². The summed E-state index contributed by atoms with van der Waals surface area (Å²) in [7, 11) is 3.54. The van der Waals surface area contributed by atoms with E-state index in [0.29, 0.717) is 6.04 Å². The molecule has 25 heavy (non-hydrogen) atoms. The minimum absolute atomic E-state index is 0.0365. The zero-order valence-corrected chi connectivity index (χ0v) is 15.2. The number of aryl methyl sites for hydroxylation is 2. The van der Waals surface area contributed by atoms with Crippen molar-refractivity contribution in [2.75, 3.05) is 19.6 Å². The second-order valence-electron chi connectivity index (χ2n) is 7.02. The normalized spacial score (nSPS) is 19.2. The molecule has 1 aliphatic heterocycles. The Morgan fingerprint density at radius 3 is 2.00 bits per heavy atom. The van der Waals surface area contributed by atoms with Gasteiger partial charge < -0.3 is 9.13 Å². The SMILES string of the molecule is C[C@@H]1CN(Cc2ccn(C)c(=O)c2)CCN1Cc1ccn(C)c(=O)c1. The van der Waals surface area contributed by atoms with Crippen LogP contribution in [0.4, 0.5) is 0 Å². The predicted octanol–water partition coefficient (Wildman–Crippen LogP) is 0.790. The lowest BCUT2D eigenvalue weighted by molar-refractivity contribution is 0.0732. The molecule has 0 aromatic carbocycles. The molecule has 2 aromatic heterocycles. The van der Waals surface area contributed by atoms with Gasteiger partial charge in [0, 0.05) is 77.4 Å². The van der Waals surface area contributed by atoms with Crippen LogP contribution in [0.25, 0.3) is 0 Å². The van der Waals surface area contributed by atoms with Crippen LogP contribution in [-0.2, 0) is 27.2 Å². The maximum atomic E-state index is 11.8. The summed E-state index contributed by atoms with van der Waals surface area (Å²) >= 11 is 0. The molecule has 1 aliphatic rings. The quantitative estimate of drug-likeness (QED) is 0.824. The van der Waals surface area contributed by atoms with Gasteiger partial charge in [-0.2, -0.15) is 0 Å². The molecule has 0 bridgehead atoms. The lowest BCUT2D eigenvalue weighted by Gasteiger charge is -2.40. The van der Waals surface area contributed by atoms with Gasteiger partial charge >= 0.3 is 0 Å². The van der Waals surface area contributed by atoms with Crippen LogP contribution in [-0.4, -0.2) is 44.6 Å². The Morgan fingerprint density at radius 1 is 0.920 bits per heavy atom. The fourth-order valence-electron chi connectivity index (χ4n) is 3.32. The topological polar surface area (TPSA) is 50.5 Å². The molecule has 1 fully saturated rings. The molecular formula is C19H26N4O2. The van der Waals surface area contributed by atoms with Gasteiger partial charge in [-0.1, -0.05) is 0 Å². The van der Waals surface area contributed by atoms with E-state index in [1.54, 1.807) is 35.4 Å². The fourth-order valence-corrected chi connectivity index (χ4v) is 3.32. The molecule has 0 N–H and O–H groups in total. The van der Waals surface area contributed by atoms with Crippen LogP contribution in [0, 0.1) is 0 Å². The lowest BCUT2D eigenvalue weighted by Crippen LogP contribution is -2.51. The first-order chi connectivity index (χ1) is 11.9. The Balaban J connectivity index is 1.60. The zero-order chi connectivity index (χ0) is 18.0. The Morgan fingerprint density at radius 2 is 1.48 bits per heavy atom. The number of rotatable bonds is 4. The number of hydrogen-bond acceptors (Lipinski definition) is 4. The average Bonchev–Trinajstić information content (AvgIpc) is 2.57. The minimum Gasteiger partial charge on any atom is -0.319 e. The highest BCUT2D eigenvalue weighted by Gasteiger charge is 2.23. The highest BCUT2D eigenvalue weighted by atomic mass is 16.1. The van der Waals surface area contributed by atoms with Gasteiger partial charge in [-0.15, -0.1) is 0 Å². The number of aromatic nitrogens is 2. The molecule has 3 rings (SSSR count). The molecule has 0 aliphatic carbocycles. The van der Waals surface area contributed by atoms with Gasteiger partial charge in [0.05, 0.1) is 0 Å². The third kappa shape index (κ3) is 4.27. The molecular weight excluding hydrogens is 316 g/mol. The Kier molecular flexibility index (Phi) is 5.20. The summed E-state index contributed by atoms with van der Waals surface area (Å²) in [5.41, 5.74) is 2.20. The van der Waals surface area contributed by atoms with Crippen LogP contribution in [0.3, 0.4) is 0 Å². The minimum atomic E-state index is 0.0365. The van der Waals surface area contributed by atoms with Crippen LogP contribution < -0.4 is 11.1 Å². The molecule has 6 nitrogen and oxygen atoms in total. The van der Waals surface area contributed by atoms with E-state index in [4.69, 9.17) is 0 Å². The third-order valence-corrected chi connectivity index (χ3v) is 4.98. The molecule has 1 atom stereocenters. The largest absolute Gasteiger partial charge is 0.319 e. The van der Waals surface area contributed by atoms with Crippen LogP contribution >= 0.6 is 0 Å². The van der Waals surface area contributed by atoms with Crippen molar-refractivity contribution in [3.05, 3.63) is 68.5 Å². The van der Waals surface area contributed by atoms with E-state index in [1.165, 1.54) is 0 Å². The van der Waals surface area contributed by atoms with E-state index in [9.17, 15) is 9.59 Å². The summed E-state index contributed by atoms with van der Waals surface area (Å²) in [4.78, 5) is 28.3. The van der Waals surface area contributed by atoms with Crippen LogP contribution in [0.5, 0.6) is 0 Å². The van der Waals surface area contributed by atoms with Crippen molar-refractivity contribution in [1.82, 2.24) is 18.9 Å². The smallest absolute Gasteiger partial charge is 0.250 e. The molecule has 0 spiro atoms. The summed E-state index contributed by atoms with van der Waals surface area (Å²) in [6.45, 7) is 6.71. The Hall–Kier alpha value is -2.18. The van der Waals surface area contributed by atoms with Gasteiger partial charge in [0.25, 0.3) is 11.1 Å². The molecule has 2 aromatic rings. The van der Waals surface area contributed by atoms with E-state index >= 15 is 0 Å². The van der Waals surface area contributed by atoms with Crippen molar-refractivity contribution >= 4 is 0 Å². The van der Waals surface area contributed by atoms with Gasteiger partial charge in [-0.3, -0.25) is 19.4 Å². The molecule has 3 heterocycles. The maximum Gasteiger partial charge on any atom is 0.250 e. The monoisotopic (exact) mass is 342 g/mol. The lowest BCUT2D eigenvalue weighted by atomic mass is 10.1. The van der Waals surface area contributed by atoms with Crippen molar-refractivity contribution in [1.29, 1.82) is 0 Å². The van der Waals surface area contributed by atoms with Crippen molar-refractivity contribution in [2.24, 2.45) is 14.1 Å². The van der Waals surface area contributed by atoms with Crippen LogP contribution in [0.2, 0.25) is 0 Å². The number of nitrogens with zero attached hydrogens (tertiary/aromatic N) is 4. The molecule has 134 valence electrons. The summed E-state index contributed by atoms with van der Waals surface area (Å²) < 4.78 is 3.18.